The highest BCUT2D eigenvalue weighted by atomic mass is 16.2. The van der Waals surface area contributed by atoms with E-state index in [2.05, 4.69) is 35.0 Å². The Bertz CT molecular complexity index is 1150. The van der Waals surface area contributed by atoms with Gasteiger partial charge < -0.3 is 16.0 Å². The Hall–Kier alpha value is -3.70. The summed E-state index contributed by atoms with van der Waals surface area (Å²) >= 11 is 0. The molecule has 0 saturated carbocycles. The predicted octanol–water partition coefficient (Wildman–Crippen LogP) is 4.93. The van der Waals surface area contributed by atoms with Crippen molar-refractivity contribution in [3.05, 3.63) is 95.1 Å². The first-order valence-corrected chi connectivity index (χ1v) is 10.4. The van der Waals surface area contributed by atoms with E-state index < -0.39 is 0 Å². The average Bonchev–Trinajstić information content (AvgIpc) is 3.12. The molecule has 31 heavy (non-hydrogen) atoms. The van der Waals surface area contributed by atoms with E-state index in [1.54, 1.807) is 18.2 Å². The lowest BCUT2D eigenvalue weighted by molar-refractivity contribution is -0.110. The number of ketones is 1. The molecule has 0 spiro atoms. The Kier molecular flexibility index (Phi) is 5.96. The SMILES string of the molecule is CCNCc1ccc(N/C(=C2/C(=O)Nc3ccc(C(C)=O)cc32)c2ccccc2)cc1. The van der Waals surface area contributed by atoms with Gasteiger partial charge in [0.2, 0.25) is 0 Å². The third-order valence-corrected chi connectivity index (χ3v) is 5.29. The van der Waals surface area contributed by atoms with Crippen LogP contribution in [0.4, 0.5) is 11.4 Å². The molecule has 1 heterocycles. The molecule has 3 aromatic carbocycles. The van der Waals surface area contributed by atoms with E-state index in [0.717, 1.165) is 29.9 Å². The van der Waals surface area contributed by atoms with Crippen molar-refractivity contribution in [2.45, 2.75) is 20.4 Å². The Morgan fingerprint density at radius 1 is 0.935 bits per heavy atom. The van der Waals surface area contributed by atoms with Crippen LogP contribution in [0.15, 0.2) is 72.8 Å². The highest BCUT2D eigenvalue weighted by molar-refractivity contribution is 6.37. The van der Waals surface area contributed by atoms with E-state index in [0.29, 0.717) is 22.5 Å². The van der Waals surface area contributed by atoms with Gasteiger partial charge in [0.05, 0.1) is 11.3 Å². The normalized spacial score (nSPS) is 14.1. The van der Waals surface area contributed by atoms with E-state index in [-0.39, 0.29) is 11.7 Å². The fraction of sp³-hybridized carbons (Fsp3) is 0.154. The topological polar surface area (TPSA) is 70.2 Å². The third kappa shape index (κ3) is 4.42. The Morgan fingerprint density at radius 3 is 2.35 bits per heavy atom. The molecule has 1 amide bonds. The van der Waals surface area contributed by atoms with Gasteiger partial charge in [0, 0.05) is 29.0 Å². The molecule has 0 saturated heterocycles. The number of Topliss-reactive ketones (excluding diaryl/α,β-unsaturated/α-hetero) is 1. The number of amides is 1. The zero-order valence-electron chi connectivity index (χ0n) is 17.7. The van der Waals surface area contributed by atoms with Crippen LogP contribution >= 0.6 is 0 Å². The van der Waals surface area contributed by atoms with E-state index >= 15 is 0 Å². The van der Waals surface area contributed by atoms with E-state index in [9.17, 15) is 9.59 Å². The smallest absolute Gasteiger partial charge is 0.258 e. The van der Waals surface area contributed by atoms with Gasteiger partial charge in [0.15, 0.2) is 5.78 Å². The van der Waals surface area contributed by atoms with Crippen LogP contribution in [0, 0.1) is 0 Å². The van der Waals surface area contributed by atoms with Crippen LogP contribution in [0.3, 0.4) is 0 Å². The maximum absolute atomic E-state index is 13.0. The van der Waals surface area contributed by atoms with Gasteiger partial charge in [0.1, 0.15) is 0 Å². The summed E-state index contributed by atoms with van der Waals surface area (Å²) in [6.07, 6.45) is 0. The summed E-state index contributed by atoms with van der Waals surface area (Å²) in [6, 6.07) is 23.2. The van der Waals surface area contributed by atoms with Crippen molar-refractivity contribution in [1.82, 2.24) is 5.32 Å². The van der Waals surface area contributed by atoms with Crippen LogP contribution in [0.5, 0.6) is 0 Å². The number of fused-ring (bicyclic) bond motifs is 1. The fourth-order valence-corrected chi connectivity index (χ4v) is 3.64. The molecule has 5 heteroatoms. The lowest BCUT2D eigenvalue weighted by atomic mass is 9.97. The van der Waals surface area contributed by atoms with Crippen LogP contribution in [-0.2, 0) is 11.3 Å². The molecular weight excluding hydrogens is 386 g/mol. The van der Waals surface area contributed by atoms with Gasteiger partial charge in [-0.15, -0.1) is 0 Å². The molecule has 0 fully saturated rings. The summed E-state index contributed by atoms with van der Waals surface area (Å²) in [5.41, 5.74) is 6.22. The van der Waals surface area contributed by atoms with Crippen LogP contribution in [0.2, 0.25) is 0 Å². The molecule has 0 unspecified atom stereocenters. The number of carbonyl (C=O) groups is 2. The Balaban J connectivity index is 1.80. The molecule has 0 radical (unpaired) electrons. The second-order valence-electron chi connectivity index (χ2n) is 7.49. The lowest BCUT2D eigenvalue weighted by Gasteiger charge is -2.15. The van der Waals surface area contributed by atoms with Crippen molar-refractivity contribution in [2.75, 3.05) is 17.2 Å². The number of anilines is 2. The van der Waals surface area contributed by atoms with Crippen LogP contribution < -0.4 is 16.0 Å². The van der Waals surface area contributed by atoms with E-state index in [1.165, 1.54) is 12.5 Å². The van der Waals surface area contributed by atoms with Crippen LogP contribution in [0.25, 0.3) is 11.3 Å². The van der Waals surface area contributed by atoms with Crippen molar-refractivity contribution in [1.29, 1.82) is 0 Å². The van der Waals surface area contributed by atoms with Crippen molar-refractivity contribution < 1.29 is 9.59 Å². The molecular formula is C26H25N3O2. The summed E-state index contributed by atoms with van der Waals surface area (Å²) in [7, 11) is 0. The molecule has 3 aromatic rings. The first-order chi connectivity index (χ1) is 15.1. The maximum Gasteiger partial charge on any atom is 0.258 e. The minimum absolute atomic E-state index is 0.0352. The Morgan fingerprint density at radius 2 is 1.68 bits per heavy atom. The van der Waals surface area contributed by atoms with Gasteiger partial charge in [0.25, 0.3) is 5.91 Å². The molecule has 1 aliphatic heterocycles. The zero-order valence-corrected chi connectivity index (χ0v) is 17.7. The number of hydrogen-bond acceptors (Lipinski definition) is 4. The van der Waals surface area contributed by atoms with E-state index in [4.69, 9.17) is 0 Å². The van der Waals surface area contributed by atoms with Crippen molar-refractivity contribution in [3.8, 4) is 0 Å². The van der Waals surface area contributed by atoms with Crippen molar-refractivity contribution >= 4 is 34.3 Å². The quantitative estimate of drug-likeness (QED) is 0.381. The van der Waals surface area contributed by atoms with Gasteiger partial charge in [-0.1, -0.05) is 49.4 Å². The van der Waals surface area contributed by atoms with Gasteiger partial charge in [-0.3, -0.25) is 9.59 Å². The number of nitrogens with one attached hydrogen (secondary N) is 3. The molecule has 5 nitrogen and oxygen atoms in total. The molecule has 0 aliphatic carbocycles. The predicted molar refractivity (Wildman–Crippen MR) is 126 cm³/mol. The minimum Gasteiger partial charge on any atom is -0.354 e. The van der Waals surface area contributed by atoms with Crippen molar-refractivity contribution in [3.63, 3.8) is 0 Å². The molecule has 4 rings (SSSR count). The van der Waals surface area contributed by atoms with Crippen LogP contribution in [-0.4, -0.2) is 18.2 Å². The van der Waals surface area contributed by atoms with Crippen LogP contribution in [0.1, 0.15) is 40.9 Å². The maximum atomic E-state index is 13.0. The first kappa shape index (κ1) is 20.6. The first-order valence-electron chi connectivity index (χ1n) is 10.4. The molecule has 0 bridgehead atoms. The third-order valence-electron chi connectivity index (χ3n) is 5.29. The standard InChI is InChI=1S/C26H25N3O2/c1-3-27-16-18-9-12-21(13-10-18)28-25(19-7-5-4-6-8-19)24-22-15-20(17(2)30)11-14-23(22)29-26(24)31/h4-15,27-28H,3,16H2,1-2H3,(H,29,31)/b25-24+. The summed E-state index contributed by atoms with van der Waals surface area (Å²) in [6.45, 7) is 5.34. The molecule has 156 valence electrons. The lowest BCUT2D eigenvalue weighted by Crippen LogP contribution is -2.12. The Labute approximate surface area is 182 Å². The molecule has 1 aliphatic rings. The highest BCUT2D eigenvalue weighted by Gasteiger charge is 2.29. The number of hydrogen-bond donors (Lipinski definition) is 3. The minimum atomic E-state index is -0.189. The second-order valence-corrected chi connectivity index (χ2v) is 7.49. The van der Waals surface area contributed by atoms with Gasteiger partial charge in [-0.25, -0.2) is 0 Å². The number of carbonyl (C=O) groups excluding carboxylic acids is 2. The molecule has 3 N–H and O–H groups in total. The van der Waals surface area contributed by atoms with E-state index in [1.807, 2.05) is 42.5 Å². The zero-order chi connectivity index (χ0) is 21.8. The fourth-order valence-electron chi connectivity index (χ4n) is 3.64. The molecule has 0 aromatic heterocycles. The summed E-state index contributed by atoms with van der Waals surface area (Å²) < 4.78 is 0. The average molecular weight is 412 g/mol. The summed E-state index contributed by atoms with van der Waals surface area (Å²) in [5, 5.41) is 9.70. The van der Waals surface area contributed by atoms with Gasteiger partial charge in [-0.2, -0.15) is 0 Å². The molecule has 0 atom stereocenters. The highest BCUT2D eigenvalue weighted by Crippen LogP contribution is 2.38. The van der Waals surface area contributed by atoms with Crippen molar-refractivity contribution in [2.24, 2.45) is 0 Å². The van der Waals surface area contributed by atoms with Gasteiger partial charge >= 0.3 is 0 Å². The van der Waals surface area contributed by atoms with Gasteiger partial charge in [-0.05, 0) is 54.9 Å². The number of benzene rings is 3. The summed E-state index contributed by atoms with van der Waals surface area (Å²) in [4.78, 5) is 24.9. The number of rotatable bonds is 7. The monoisotopic (exact) mass is 411 g/mol. The second kappa shape index (κ2) is 8.98. The summed E-state index contributed by atoms with van der Waals surface area (Å²) in [5.74, 6) is -0.224. The largest absolute Gasteiger partial charge is 0.354 e.